The molecule has 0 saturated heterocycles. The first-order valence-corrected chi connectivity index (χ1v) is 6.69. The Bertz CT molecular complexity index is 579. The number of nitrogens with one attached hydrogen (secondary N) is 1. The molecule has 0 bridgehead atoms. The van der Waals surface area contributed by atoms with Crippen LogP contribution in [0.25, 0.3) is 0 Å². The summed E-state index contributed by atoms with van der Waals surface area (Å²) in [6, 6.07) is 13.9. The van der Waals surface area contributed by atoms with Crippen molar-refractivity contribution in [2.24, 2.45) is 5.73 Å². The number of thiocarbonyl (C=S) groups is 1. The SMILES string of the molecule is Cc1cc(Br)ccc1Nc1ccc(C(N)=S)cc1. The van der Waals surface area contributed by atoms with E-state index in [9.17, 15) is 0 Å². The molecule has 18 heavy (non-hydrogen) atoms. The Balaban J connectivity index is 2.21. The number of benzene rings is 2. The van der Waals surface area contributed by atoms with Gasteiger partial charge in [-0.05, 0) is 55.0 Å². The minimum Gasteiger partial charge on any atom is -0.389 e. The van der Waals surface area contributed by atoms with E-state index in [0.29, 0.717) is 4.99 Å². The highest BCUT2D eigenvalue weighted by Crippen LogP contribution is 2.23. The number of rotatable bonds is 3. The summed E-state index contributed by atoms with van der Waals surface area (Å²) in [6.07, 6.45) is 0. The van der Waals surface area contributed by atoms with Crippen LogP contribution in [0, 0.1) is 6.92 Å². The van der Waals surface area contributed by atoms with E-state index in [1.54, 1.807) is 0 Å². The topological polar surface area (TPSA) is 38.0 Å². The first-order valence-electron chi connectivity index (χ1n) is 5.49. The zero-order valence-electron chi connectivity index (χ0n) is 9.91. The van der Waals surface area contributed by atoms with Gasteiger partial charge in [0, 0.05) is 21.4 Å². The molecule has 0 unspecified atom stereocenters. The molecule has 0 radical (unpaired) electrons. The number of anilines is 2. The molecule has 2 aromatic carbocycles. The van der Waals surface area contributed by atoms with Crippen molar-refractivity contribution in [1.82, 2.24) is 0 Å². The van der Waals surface area contributed by atoms with Gasteiger partial charge in [-0.3, -0.25) is 0 Å². The van der Waals surface area contributed by atoms with E-state index < -0.39 is 0 Å². The van der Waals surface area contributed by atoms with E-state index in [0.717, 1.165) is 21.4 Å². The highest BCUT2D eigenvalue weighted by molar-refractivity contribution is 9.10. The molecule has 0 fully saturated rings. The third kappa shape index (κ3) is 3.09. The fourth-order valence-corrected chi connectivity index (χ4v) is 2.25. The molecule has 2 nitrogen and oxygen atoms in total. The van der Waals surface area contributed by atoms with Crippen LogP contribution in [-0.2, 0) is 0 Å². The van der Waals surface area contributed by atoms with Gasteiger partial charge in [0.2, 0.25) is 0 Å². The van der Waals surface area contributed by atoms with Crippen LogP contribution in [0.2, 0.25) is 0 Å². The van der Waals surface area contributed by atoms with Crippen LogP contribution in [0.1, 0.15) is 11.1 Å². The maximum absolute atomic E-state index is 5.56. The molecule has 0 amide bonds. The predicted octanol–water partition coefficient (Wildman–Crippen LogP) is 4.14. The largest absolute Gasteiger partial charge is 0.389 e. The summed E-state index contributed by atoms with van der Waals surface area (Å²) in [5.74, 6) is 0. The smallest absolute Gasteiger partial charge is 0.103 e. The van der Waals surface area contributed by atoms with Crippen molar-refractivity contribution in [2.45, 2.75) is 6.92 Å². The van der Waals surface area contributed by atoms with Gasteiger partial charge in [0.25, 0.3) is 0 Å². The summed E-state index contributed by atoms with van der Waals surface area (Å²) < 4.78 is 1.08. The fraction of sp³-hybridized carbons (Fsp3) is 0.0714. The maximum Gasteiger partial charge on any atom is 0.103 e. The van der Waals surface area contributed by atoms with Crippen LogP contribution >= 0.6 is 28.1 Å². The van der Waals surface area contributed by atoms with Gasteiger partial charge in [0.1, 0.15) is 4.99 Å². The highest BCUT2D eigenvalue weighted by Gasteiger charge is 2.01. The molecule has 2 aromatic rings. The lowest BCUT2D eigenvalue weighted by Gasteiger charge is -2.10. The molecule has 0 heterocycles. The van der Waals surface area contributed by atoms with Crippen molar-refractivity contribution >= 4 is 44.5 Å². The number of hydrogen-bond donors (Lipinski definition) is 2. The van der Waals surface area contributed by atoms with E-state index >= 15 is 0 Å². The third-order valence-electron chi connectivity index (χ3n) is 2.64. The second-order valence-corrected chi connectivity index (χ2v) is 5.38. The first-order chi connectivity index (χ1) is 8.56. The molecular weight excluding hydrogens is 308 g/mol. The van der Waals surface area contributed by atoms with Crippen molar-refractivity contribution in [3.8, 4) is 0 Å². The average molecular weight is 321 g/mol. The summed E-state index contributed by atoms with van der Waals surface area (Å²) in [5, 5.41) is 3.36. The van der Waals surface area contributed by atoms with Crippen molar-refractivity contribution in [1.29, 1.82) is 0 Å². The Morgan fingerprint density at radius 3 is 2.39 bits per heavy atom. The van der Waals surface area contributed by atoms with Crippen LogP contribution in [0.4, 0.5) is 11.4 Å². The maximum atomic E-state index is 5.56. The molecule has 3 N–H and O–H groups in total. The lowest BCUT2D eigenvalue weighted by atomic mass is 10.1. The quantitative estimate of drug-likeness (QED) is 0.835. The standard InChI is InChI=1S/C14H13BrN2S/c1-9-8-11(15)4-7-13(9)17-12-5-2-10(3-6-12)14(16)18/h2-8,17H,1H3,(H2,16,18). The van der Waals surface area contributed by atoms with Crippen molar-refractivity contribution in [3.05, 3.63) is 58.1 Å². The minimum absolute atomic E-state index is 0.418. The van der Waals surface area contributed by atoms with Gasteiger partial charge < -0.3 is 11.1 Å². The summed E-state index contributed by atoms with van der Waals surface area (Å²) in [6.45, 7) is 2.07. The van der Waals surface area contributed by atoms with Crippen molar-refractivity contribution in [2.75, 3.05) is 5.32 Å². The normalized spacial score (nSPS) is 10.1. The molecule has 0 aliphatic heterocycles. The number of hydrogen-bond acceptors (Lipinski definition) is 2. The monoisotopic (exact) mass is 320 g/mol. The second-order valence-electron chi connectivity index (χ2n) is 4.03. The summed E-state index contributed by atoms with van der Waals surface area (Å²) in [4.78, 5) is 0.418. The molecule has 0 saturated carbocycles. The van der Waals surface area contributed by atoms with Gasteiger partial charge in [0.15, 0.2) is 0 Å². The van der Waals surface area contributed by atoms with Gasteiger partial charge in [-0.1, -0.05) is 28.1 Å². The Morgan fingerprint density at radius 2 is 1.83 bits per heavy atom. The highest BCUT2D eigenvalue weighted by atomic mass is 79.9. The van der Waals surface area contributed by atoms with Gasteiger partial charge in [-0.15, -0.1) is 0 Å². The molecule has 0 aromatic heterocycles. The first kappa shape index (κ1) is 13.1. The van der Waals surface area contributed by atoms with Crippen LogP contribution in [0.5, 0.6) is 0 Å². The molecule has 4 heteroatoms. The third-order valence-corrected chi connectivity index (χ3v) is 3.37. The molecule has 92 valence electrons. The Kier molecular flexibility index (Phi) is 3.99. The summed E-state index contributed by atoms with van der Waals surface area (Å²) >= 11 is 8.37. The number of nitrogens with two attached hydrogens (primary N) is 1. The molecule has 0 aliphatic rings. The van der Waals surface area contributed by atoms with Gasteiger partial charge in [-0.2, -0.15) is 0 Å². The summed E-state index contributed by atoms with van der Waals surface area (Å²) in [7, 11) is 0. The minimum atomic E-state index is 0.418. The van der Waals surface area contributed by atoms with Gasteiger partial charge >= 0.3 is 0 Å². The average Bonchev–Trinajstić information content (AvgIpc) is 2.33. The zero-order valence-corrected chi connectivity index (χ0v) is 12.3. The zero-order chi connectivity index (χ0) is 13.1. The van der Waals surface area contributed by atoms with Crippen LogP contribution in [0.15, 0.2) is 46.9 Å². The molecule has 0 atom stereocenters. The lowest BCUT2D eigenvalue weighted by molar-refractivity contribution is 1.41. The second kappa shape index (κ2) is 5.50. The molecule has 2 rings (SSSR count). The number of halogens is 1. The van der Waals surface area contributed by atoms with Crippen LogP contribution in [0.3, 0.4) is 0 Å². The van der Waals surface area contributed by atoms with Crippen LogP contribution in [-0.4, -0.2) is 4.99 Å². The molecule has 0 spiro atoms. The molecule has 0 aliphatic carbocycles. The van der Waals surface area contributed by atoms with Crippen molar-refractivity contribution < 1.29 is 0 Å². The Labute approximate surface area is 120 Å². The van der Waals surface area contributed by atoms with E-state index in [-0.39, 0.29) is 0 Å². The lowest BCUT2D eigenvalue weighted by Crippen LogP contribution is -2.08. The van der Waals surface area contributed by atoms with Crippen molar-refractivity contribution in [3.63, 3.8) is 0 Å². The Hall–Kier alpha value is -1.39. The fourth-order valence-electron chi connectivity index (χ4n) is 1.64. The number of aryl methyl sites for hydroxylation is 1. The van der Waals surface area contributed by atoms with Gasteiger partial charge in [-0.25, -0.2) is 0 Å². The summed E-state index contributed by atoms with van der Waals surface area (Å²) in [5.41, 5.74) is 9.72. The van der Waals surface area contributed by atoms with Gasteiger partial charge in [0.05, 0.1) is 0 Å². The Morgan fingerprint density at radius 1 is 1.17 bits per heavy atom. The van der Waals surface area contributed by atoms with E-state index in [1.165, 1.54) is 5.56 Å². The molecular formula is C14H13BrN2S. The van der Waals surface area contributed by atoms with E-state index in [1.807, 2.05) is 36.4 Å². The van der Waals surface area contributed by atoms with Crippen LogP contribution < -0.4 is 11.1 Å². The van der Waals surface area contributed by atoms with E-state index in [4.69, 9.17) is 18.0 Å². The predicted molar refractivity (Wildman–Crippen MR) is 84.5 cm³/mol. The van der Waals surface area contributed by atoms with E-state index in [2.05, 4.69) is 34.2 Å².